The lowest BCUT2D eigenvalue weighted by Crippen LogP contribution is -2.43. The van der Waals surface area contributed by atoms with Gasteiger partial charge in [-0.2, -0.15) is 13.2 Å². The lowest BCUT2D eigenvalue weighted by Gasteiger charge is -2.36. The van der Waals surface area contributed by atoms with Gasteiger partial charge in [0.2, 0.25) is 0 Å². The van der Waals surface area contributed by atoms with E-state index < -0.39 is 11.7 Å². The molecule has 3 nitrogen and oxygen atoms in total. The molecule has 1 aromatic rings. The first-order valence-corrected chi connectivity index (χ1v) is 7.31. The second kappa shape index (κ2) is 5.89. The Labute approximate surface area is 124 Å². The molecule has 1 aliphatic rings. The fourth-order valence-electron chi connectivity index (χ4n) is 2.52. The van der Waals surface area contributed by atoms with Gasteiger partial charge in [0, 0.05) is 29.8 Å². The molecule has 1 aliphatic heterocycles. The van der Waals surface area contributed by atoms with Gasteiger partial charge in [0.05, 0.1) is 5.56 Å². The molecule has 2 unspecified atom stereocenters. The Bertz CT molecular complexity index is 476. The van der Waals surface area contributed by atoms with Gasteiger partial charge in [-0.1, -0.05) is 0 Å². The third kappa shape index (κ3) is 3.44. The van der Waals surface area contributed by atoms with E-state index in [1.807, 2.05) is 6.92 Å². The molecular formula is C13H17BrF3N3. The predicted octanol–water partition coefficient (Wildman–Crippen LogP) is 3.43. The topological polar surface area (TPSA) is 42.1 Å². The summed E-state index contributed by atoms with van der Waals surface area (Å²) in [5, 5.41) is 0. The fourth-order valence-corrected chi connectivity index (χ4v) is 2.86. The number of hydrogen-bond acceptors (Lipinski definition) is 3. The van der Waals surface area contributed by atoms with E-state index in [2.05, 4.69) is 20.9 Å². The summed E-state index contributed by atoms with van der Waals surface area (Å²) in [6.07, 6.45) is -1.22. The molecule has 112 valence electrons. The van der Waals surface area contributed by atoms with E-state index in [1.54, 1.807) is 4.90 Å². The second-order valence-electron chi connectivity index (χ2n) is 5.23. The third-order valence-corrected chi connectivity index (χ3v) is 4.07. The van der Waals surface area contributed by atoms with Crippen molar-refractivity contribution >= 4 is 21.7 Å². The van der Waals surface area contributed by atoms with Gasteiger partial charge < -0.3 is 10.6 Å². The van der Waals surface area contributed by atoms with Crippen molar-refractivity contribution in [2.75, 3.05) is 18.0 Å². The number of halogens is 4. The van der Waals surface area contributed by atoms with Crippen LogP contribution >= 0.6 is 15.9 Å². The Hall–Kier alpha value is -0.820. The van der Waals surface area contributed by atoms with Gasteiger partial charge in [-0.15, -0.1) is 0 Å². The lowest BCUT2D eigenvalue weighted by molar-refractivity contribution is -0.137. The van der Waals surface area contributed by atoms with Gasteiger partial charge >= 0.3 is 6.18 Å². The van der Waals surface area contributed by atoms with Gasteiger partial charge in [-0.3, -0.25) is 0 Å². The molecule has 0 saturated carbocycles. The average Bonchev–Trinajstić information content (AvgIpc) is 2.37. The molecular weight excluding hydrogens is 335 g/mol. The van der Waals surface area contributed by atoms with Crippen molar-refractivity contribution in [3.05, 3.63) is 22.3 Å². The van der Waals surface area contributed by atoms with Crippen LogP contribution in [0.3, 0.4) is 0 Å². The maximum absolute atomic E-state index is 13.1. The van der Waals surface area contributed by atoms with Crippen LogP contribution in [-0.4, -0.2) is 24.1 Å². The molecule has 1 saturated heterocycles. The summed E-state index contributed by atoms with van der Waals surface area (Å²) in [4.78, 5) is 5.68. The molecule has 20 heavy (non-hydrogen) atoms. The van der Waals surface area contributed by atoms with Gasteiger partial charge in [0.15, 0.2) is 0 Å². The highest BCUT2D eigenvalue weighted by atomic mass is 79.9. The minimum Gasteiger partial charge on any atom is -0.356 e. The standard InChI is InChI=1S/C13H17BrF3N3/c1-8(18)9-3-2-4-20(7-9)12-11(13(15,16)17)5-10(14)6-19-12/h5-6,8-9H,2-4,7,18H2,1H3. The highest BCUT2D eigenvalue weighted by molar-refractivity contribution is 9.10. The number of piperidine rings is 1. The number of nitrogens with zero attached hydrogens (tertiary/aromatic N) is 2. The summed E-state index contributed by atoms with van der Waals surface area (Å²) in [5.41, 5.74) is 5.18. The van der Waals surface area contributed by atoms with E-state index in [9.17, 15) is 13.2 Å². The van der Waals surface area contributed by atoms with Gasteiger partial charge in [-0.05, 0) is 47.7 Å². The van der Waals surface area contributed by atoms with Crippen molar-refractivity contribution in [2.45, 2.75) is 32.0 Å². The van der Waals surface area contributed by atoms with Gasteiger partial charge in [0.25, 0.3) is 0 Å². The number of hydrogen-bond donors (Lipinski definition) is 1. The fraction of sp³-hybridized carbons (Fsp3) is 0.615. The molecule has 7 heteroatoms. The van der Waals surface area contributed by atoms with Crippen LogP contribution in [0.4, 0.5) is 19.0 Å². The second-order valence-corrected chi connectivity index (χ2v) is 6.15. The van der Waals surface area contributed by atoms with Crippen molar-refractivity contribution in [1.82, 2.24) is 4.98 Å². The number of anilines is 1. The zero-order chi connectivity index (χ0) is 14.9. The van der Waals surface area contributed by atoms with Gasteiger partial charge in [-0.25, -0.2) is 4.98 Å². The van der Waals surface area contributed by atoms with Crippen molar-refractivity contribution in [1.29, 1.82) is 0 Å². The Morgan fingerprint density at radius 1 is 1.50 bits per heavy atom. The Kier molecular flexibility index (Phi) is 4.59. The number of nitrogens with two attached hydrogens (primary N) is 1. The van der Waals surface area contributed by atoms with Crippen molar-refractivity contribution < 1.29 is 13.2 Å². The van der Waals surface area contributed by atoms with Crippen molar-refractivity contribution in [2.24, 2.45) is 11.7 Å². The normalized spacial score (nSPS) is 21.9. The minimum atomic E-state index is -4.41. The molecule has 2 heterocycles. The van der Waals surface area contributed by atoms with Crippen LogP contribution < -0.4 is 10.6 Å². The first-order valence-electron chi connectivity index (χ1n) is 6.52. The van der Waals surface area contributed by atoms with E-state index >= 15 is 0 Å². The molecule has 0 bridgehead atoms. The summed E-state index contributed by atoms with van der Waals surface area (Å²) < 4.78 is 39.7. The summed E-state index contributed by atoms with van der Waals surface area (Å²) >= 11 is 3.05. The monoisotopic (exact) mass is 351 g/mol. The SMILES string of the molecule is CC(N)C1CCCN(c2ncc(Br)cc2C(F)(F)F)C1. The van der Waals surface area contributed by atoms with E-state index in [1.165, 1.54) is 6.20 Å². The van der Waals surface area contributed by atoms with Crippen LogP contribution in [-0.2, 0) is 6.18 Å². The van der Waals surface area contributed by atoms with Crippen LogP contribution in [0.25, 0.3) is 0 Å². The van der Waals surface area contributed by atoms with Crippen LogP contribution in [0.5, 0.6) is 0 Å². The number of alkyl halides is 3. The van der Waals surface area contributed by atoms with Crippen LogP contribution in [0.1, 0.15) is 25.3 Å². The zero-order valence-electron chi connectivity index (χ0n) is 11.1. The molecule has 2 atom stereocenters. The lowest BCUT2D eigenvalue weighted by atomic mass is 9.92. The number of rotatable bonds is 2. The number of pyridine rings is 1. The first kappa shape index (κ1) is 15.6. The smallest absolute Gasteiger partial charge is 0.356 e. The Morgan fingerprint density at radius 3 is 2.80 bits per heavy atom. The largest absolute Gasteiger partial charge is 0.419 e. The highest BCUT2D eigenvalue weighted by Gasteiger charge is 2.37. The minimum absolute atomic E-state index is 0.00560. The predicted molar refractivity (Wildman–Crippen MR) is 75.5 cm³/mol. The quantitative estimate of drug-likeness (QED) is 0.887. The summed E-state index contributed by atoms with van der Waals surface area (Å²) in [6.45, 7) is 3.00. The van der Waals surface area contributed by atoms with E-state index in [-0.39, 0.29) is 17.8 Å². The van der Waals surface area contributed by atoms with E-state index in [4.69, 9.17) is 5.73 Å². The van der Waals surface area contributed by atoms with E-state index in [0.717, 1.165) is 18.9 Å². The molecule has 1 aromatic heterocycles. The molecule has 0 aliphatic carbocycles. The number of aromatic nitrogens is 1. The zero-order valence-corrected chi connectivity index (χ0v) is 12.7. The van der Waals surface area contributed by atoms with Crippen LogP contribution in [0, 0.1) is 5.92 Å². The van der Waals surface area contributed by atoms with Crippen LogP contribution in [0.2, 0.25) is 0 Å². The molecule has 1 fully saturated rings. The summed E-state index contributed by atoms with van der Waals surface area (Å²) in [7, 11) is 0. The van der Waals surface area contributed by atoms with Crippen molar-refractivity contribution in [3.63, 3.8) is 0 Å². The molecule has 0 spiro atoms. The highest BCUT2D eigenvalue weighted by Crippen LogP contribution is 2.38. The summed E-state index contributed by atoms with van der Waals surface area (Å²) in [6, 6.07) is 1.06. The molecule has 0 radical (unpaired) electrons. The Balaban J connectivity index is 2.32. The first-order chi connectivity index (χ1) is 9.29. The maximum Gasteiger partial charge on any atom is 0.419 e. The Morgan fingerprint density at radius 2 is 2.20 bits per heavy atom. The molecule has 2 N–H and O–H groups in total. The molecule has 2 rings (SSSR count). The third-order valence-electron chi connectivity index (χ3n) is 3.64. The summed E-state index contributed by atoms with van der Waals surface area (Å²) in [5.74, 6) is 0.210. The van der Waals surface area contributed by atoms with Crippen molar-refractivity contribution in [3.8, 4) is 0 Å². The molecule has 0 aromatic carbocycles. The van der Waals surface area contributed by atoms with Crippen LogP contribution in [0.15, 0.2) is 16.7 Å². The maximum atomic E-state index is 13.1. The van der Waals surface area contributed by atoms with E-state index in [0.29, 0.717) is 17.6 Å². The molecule has 0 amide bonds. The average molecular weight is 352 g/mol. The van der Waals surface area contributed by atoms with Gasteiger partial charge in [0.1, 0.15) is 5.82 Å².